The van der Waals surface area contributed by atoms with Gasteiger partial charge in [0.05, 0.1) is 18.8 Å². The minimum Gasteiger partial charge on any atom is -0.394 e. The summed E-state index contributed by atoms with van der Waals surface area (Å²) in [6.45, 7) is 3.86. The monoisotopic (exact) mass is 438 g/mol. The Morgan fingerprint density at radius 1 is 0.968 bits per heavy atom. The number of aliphatic hydroxyl groups is 2. The Morgan fingerprint density at radius 2 is 1.52 bits per heavy atom. The van der Waals surface area contributed by atoms with E-state index in [9.17, 15) is 15.0 Å². The predicted octanol–water partition coefficient (Wildman–Crippen LogP) is 5.95. The van der Waals surface area contributed by atoms with Crippen LogP contribution in [0, 0.1) is 0 Å². The highest BCUT2D eigenvalue weighted by Crippen LogP contribution is 2.12. The molecule has 0 saturated carbocycles. The van der Waals surface area contributed by atoms with Crippen LogP contribution in [0.4, 0.5) is 0 Å². The molecule has 3 atom stereocenters. The largest absolute Gasteiger partial charge is 0.394 e. The molecule has 1 amide bonds. The molecule has 0 aromatic carbocycles. The molecule has 0 fully saturated rings. The van der Waals surface area contributed by atoms with Crippen LogP contribution < -0.4 is 5.32 Å². The number of carbonyl (C=O) groups is 1. The molecule has 0 rings (SSSR count). The molecule has 7 nitrogen and oxygen atoms in total. The molecule has 0 aromatic rings. The van der Waals surface area contributed by atoms with Crippen molar-refractivity contribution in [2.45, 2.75) is 128 Å². The normalized spacial score (nSPS) is 14.2. The van der Waals surface area contributed by atoms with Gasteiger partial charge in [0.15, 0.2) is 0 Å². The van der Waals surface area contributed by atoms with E-state index in [-0.39, 0.29) is 6.61 Å². The molecule has 1 unspecified atom stereocenters. The summed E-state index contributed by atoms with van der Waals surface area (Å²) in [5, 5.41) is 25.9. The van der Waals surface area contributed by atoms with E-state index in [2.05, 4.69) is 22.3 Å². The molecule has 0 radical (unpaired) electrons. The Balaban J connectivity index is 4.00. The number of azide groups is 1. The number of rotatable bonds is 21. The smallest absolute Gasteiger partial charge is 0.229 e. The van der Waals surface area contributed by atoms with Crippen molar-refractivity contribution in [3.05, 3.63) is 22.6 Å². The Kier molecular flexibility index (Phi) is 20.6. The third-order valence-electron chi connectivity index (χ3n) is 5.57. The molecule has 0 spiro atoms. The Hall–Kier alpha value is -1.56. The molecule has 0 aromatic heterocycles. The molecule has 0 aliphatic heterocycles. The van der Waals surface area contributed by atoms with Crippen molar-refractivity contribution in [1.29, 1.82) is 0 Å². The van der Waals surface area contributed by atoms with Gasteiger partial charge in [0.25, 0.3) is 0 Å². The zero-order chi connectivity index (χ0) is 23.2. The maximum Gasteiger partial charge on any atom is 0.229 e. The van der Waals surface area contributed by atoms with E-state index in [4.69, 9.17) is 5.53 Å². The second kappa shape index (κ2) is 21.7. The van der Waals surface area contributed by atoms with Gasteiger partial charge < -0.3 is 15.5 Å². The lowest BCUT2D eigenvalue weighted by atomic mass is 10.0. The lowest BCUT2D eigenvalue weighted by Gasteiger charge is -2.22. The van der Waals surface area contributed by atoms with Crippen molar-refractivity contribution in [3.63, 3.8) is 0 Å². The predicted molar refractivity (Wildman–Crippen MR) is 128 cm³/mol. The summed E-state index contributed by atoms with van der Waals surface area (Å²) >= 11 is 0. The van der Waals surface area contributed by atoms with Gasteiger partial charge in [-0.05, 0) is 24.8 Å². The number of hydrogen-bond acceptors (Lipinski definition) is 4. The summed E-state index contributed by atoms with van der Waals surface area (Å²) in [6, 6.07) is -1.62. The van der Waals surface area contributed by atoms with E-state index in [1.165, 1.54) is 64.2 Å². The van der Waals surface area contributed by atoms with Gasteiger partial charge in [0, 0.05) is 4.91 Å². The van der Waals surface area contributed by atoms with Gasteiger partial charge in [-0.3, -0.25) is 4.79 Å². The molecular weight excluding hydrogens is 392 g/mol. The first-order chi connectivity index (χ1) is 15.1. The van der Waals surface area contributed by atoms with E-state index >= 15 is 0 Å². The summed E-state index contributed by atoms with van der Waals surface area (Å²) < 4.78 is 0. The molecule has 0 bridgehead atoms. The molecule has 0 aliphatic carbocycles. The number of unbranched alkanes of at least 4 members (excludes halogenated alkanes) is 12. The van der Waals surface area contributed by atoms with E-state index in [0.29, 0.717) is 6.42 Å². The Labute approximate surface area is 189 Å². The van der Waals surface area contributed by atoms with Gasteiger partial charge in [0.1, 0.15) is 6.04 Å². The first-order valence-electron chi connectivity index (χ1n) is 12.4. The molecule has 7 heteroatoms. The lowest BCUT2D eigenvalue weighted by molar-refractivity contribution is -0.124. The van der Waals surface area contributed by atoms with E-state index in [0.717, 1.165) is 25.7 Å². The highest BCUT2D eigenvalue weighted by Gasteiger charge is 2.23. The van der Waals surface area contributed by atoms with E-state index < -0.39 is 24.1 Å². The first kappa shape index (κ1) is 29.4. The summed E-state index contributed by atoms with van der Waals surface area (Å²) in [7, 11) is 0. The van der Waals surface area contributed by atoms with E-state index in [1.54, 1.807) is 6.08 Å². The number of nitrogens with one attached hydrogen (secondary N) is 1. The number of nitrogens with zero attached hydrogens (tertiary/aromatic N) is 3. The van der Waals surface area contributed by atoms with Crippen molar-refractivity contribution >= 4 is 5.91 Å². The Morgan fingerprint density at radius 3 is 2.03 bits per heavy atom. The number of aliphatic hydroxyl groups excluding tert-OH is 2. The molecule has 31 heavy (non-hydrogen) atoms. The quantitative estimate of drug-likeness (QED) is 0.0675. The molecule has 0 saturated heterocycles. The van der Waals surface area contributed by atoms with Gasteiger partial charge in [-0.1, -0.05) is 108 Å². The summed E-state index contributed by atoms with van der Waals surface area (Å²) in [5.74, 6) is -0.455. The van der Waals surface area contributed by atoms with Crippen molar-refractivity contribution in [1.82, 2.24) is 5.32 Å². The minimum atomic E-state index is -0.973. The fourth-order valence-corrected chi connectivity index (χ4v) is 3.52. The van der Waals surface area contributed by atoms with Crippen LogP contribution in [0.1, 0.15) is 110 Å². The fraction of sp³-hybridized carbons (Fsp3) is 0.875. The topological polar surface area (TPSA) is 118 Å². The zero-order valence-corrected chi connectivity index (χ0v) is 19.8. The number of hydrogen-bond donors (Lipinski definition) is 3. The number of carbonyl (C=O) groups excluding carboxylic acids is 1. The average Bonchev–Trinajstić information content (AvgIpc) is 2.77. The van der Waals surface area contributed by atoms with Gasteiger partial charge in [-0.25, -0.2) is 0 Å². The maximum atomic E-state index is 12.3. The second-order valence-electron chi connectivity index (χ2n) is 8.40. The standard InChI is InChI=1S/C24H46N4O3/c1-3-5-7-8-9-10-11-12-13-14-15-16-17-19-23(30)22(20-29)26-24(31)21(27-28-25)18-6-4-2/h17,19,21-23,29-30H,3-16,18,20H2,1-2H3,(H,26,31)/b19-17+/t21?,22-,23+/m0/s1. The third-order valence-corrected chi connectivity index (χ3v) is 5.57. The average molecular weight is 439 g/mol. The van der Waals surface area contributed by atoms with Crippen molar-refractivity contribution < 1.29 is 15.0 Å². The van der Waals surface area contributed by atoms with Gasteiger partial charge in [-0.15, -0.1) is 0 Å². The van der Waals surface area contributed by atoms with Crippen molar-refractivity contribution in [2.75, 3.05) is 6.61 Å². The van der Waals surface area contributed by atoms with Crippen LogP contribution in [-0.4, -0.2) is 40.9 Å². The first-order valence-corrected chi connectivity index (χ1v) is 12.4. The number of amides is 1. The van der Waals surface area contributed by atoms with Gasteiger partial charge in [-0.2, -0.15) is 0 Å². The lowest BCUT2D eigenvalue weighted by Crippen LogP contribution is -2.48. The fourth-order valence-electron chi connectivity index (χ4n) is 3.52. The van der Waals surface area contributed by atoms with Crippen LogP contribution in [0.25, 0.3) is 10.4 Å². The molecule has 3 N–H and O–H groups in total. The zero-order valence-electron chi connectivity index (χ0n) is 19.8. The second-order valence-corrected chi connectivity index (χ2v) is 8.40. The highest BCUT2D eigenvalue weighted by atomic mass is 16.3. The summed E-state index contributed by atoms with van der Waals surface area (Å²) in [4.78, 5) is 15.0. The van der Waals surface area contributed by atoms with Crippen LogP contribution >= 0.6 is 0 Å². The SMILES string of the molecule is CCCCCCCCCCCCC/C=C/[C@@H](O)[C@H](CO)NC(=O)C(CCCC)N=[N+]=[N-]. The maximum absolute atomic E-state index is 12.3. The van der Waals surface area contributed by atoms with Crippen molar-refractivity contribution in [2.24, 2.45) is 5.11 Å². The molecular formula is C24H46N4O3. The van der Waals surface area contributed by atoms with E-state index in [1.807, 2.05) is 13.0 Å². The van der Waals surface area contributed by atoms with Crippen LogP contribution in [0.5, 0.6) is 0 Å². The molecule has 180 valence electrons. The summed E-state index contributed by atoms with van der Waals surface area (Å²) in [5.41, 5.74) is 8.64. The highest BCUT2D eigenvalue weighted by molar-refractivity contribution is 5.82. The van der Waals surface area contributed by atoms with Crippen molar-refractivity contribution in [3.8, 4) is 0 Å². The molecule has 0 heterocycles. The Bertz CT molecular complexity index is 507. The van der Waals surface area contributed by atoms with Gasteiger partial charge in [0.2, 0.25) is 5.91 Å². The van der Waals surface area contributed by atoms with Crippen LogP contribution in [0.3, 0.4) is 0 Å². The minimum absolute atomic E-state index is 0.382. The van der Waals surface area contributed by atoms with Crippen LogP contribution in [-0.2, 0) is 4.79 Å². The summed E-state index contributed by atoms with van der Waals surface area (Å²) in [6.07, 6.45) is 19.8. The number of allylic oxidation sites excluding steroid dienone is 1. The van der Waals surface area contributed by atoms with Gasteiger partial charge >= 0.3 is 0 Å². The third kappa shape index (κ3) is 16.8. The molecule has 0 aliphatic rings. The van der Waals surface area contributed by atoms with Crippen LogP contribution in [0.15, 0.2) is 17.3 Å². The van der Waals surface area contributed by atoms with Crippen LogP contribution in [0.2, 0.25) is 0 Å².